The van der Waals surface area contributed by atoms with Crippen LogP contribution in [0.15, 0.2) is 24.4 Å². The Morgan fingerprint density at radius 2 is 1.88 bits per heavy atom. The lowest BCUT2D eigenvalue weighted by atomic mass is 10.1. The summed E-state index contributed by atoms with van der Waals surface area (Å²) in [5.41, 5.74) is 3.97. The zero-order chi connectivity index (χ0) is 12.4. The van der Waals surface area contributed by atoms with Crippen molar-refractivity contribution in [1.29, 1.82) is 0 Å². The van der Waals surface area contributed by atoms with Gasteiger partial charge in [0.15, 0.2) is 5.15 Å². The molecule has 0 saturated heterocycles. The van der Waals surface area contributed by atoms with E-state index in [4.69, 9.17) is 23.2 Å². The molecular weight excluding hydrogens is 257 g/mol. The molecule has 3 nitrogen and oxygen atoms in total. The molecule has 0 saturated carbocycles. The zero-order valence-corrected chi connectivity index (χ0v) is 11.0. The van der Waals surface area contributed by atoms with Gasteiger partial charge in [-0.1, -0.05) is 29.3 Å². The maximum atomic E-state index is 5.96. The highest BCUT2D eigenvalue weighted by atomic mass is 35.5. The molecule has 0 bridgehead atoms. The molecule has 0 aliphatic rings. The van der Waals surface area contributed by atoms with Crippen LogP contribution in [0.5, 0.6) is 0 Å². The monoisotopic (exact) mass is 267 g/mol. The molecule has 0 aliphatic heterocycles. The highest BCUT2D eigenvalue weighted by Gasteiger charge is 2.05. The van der Waals surface area contributed by atoms with Gasteiger partial charge in [0.25, 0.3) is 0 Å². The fourth-order valence-electron chi connectivity index (χ4n) is 1.52. The highest BCUT2D eigenvalue weighted by molar-refractivity contribution is 6.33. The number of aryl methyl sites for hydroxylation is 2. The van der Waals surface area contributed by atoms with Crippen LogP contribution in [0.4, 0.5) is 11.4 Å². The van der Waals surface area contributed by atoms with Crippen molar-refractivity contribution in [2.24, 2.45) is 0 Å². The van der Waals surface area contributed by atoms with Crippen molar-refractivity contribution in [1.82, 2.24) is 9.97 Å². The second-order valence-corrected chi connectivity index (χ2v) is 4.48. The Morgan fingerprint density at radius 1 is 1.12 bits per heavy atom. The van der Waals surface area contributed by atoms with E-state index in [9.17, 15) is 0 Å². The van der Waals surface area contributed by atoms with Crippen LogP contribution in [0.25, 0.3) is 0 Å². The molecule has 0 aliphatic carbocycles. The molecule has 88 valence electrons. The van der Waals surface area contributed by atoms with E-state index >= 15 is 0 Å². The van der Waals surface area contributed by atoms with Crippen molar-refractivity contribution in [2.45, 2.75) is 13.8 Å². The normalized spacial score (nSPS) is 10.4. The molecule has 1 aromatic heterocycles. The summed E-state index contributed by atoms with van der Waals surface area (Å²) in [5, 5.41) is 3.63. The topological polar surface area (TPSA) is 37.8 Å². The summed E-state index contributed by atoms with van der Waals surface area (Å²) in [6.07, 6.45) is 1.57. The highest BCUT2D eigenvalue weighted by Crippen LogP contribution is 2.26. The van der Waals surface area contributed by atoms with E-state index in [1.165, 1.54) is 5.56 Å². The van der Waals surface area contributed by atoms with Gasteiger partial charge in [-0.15, -0.1) is 0 Å². The fourth-order valence-corrected chi connectivity index (χ4v) is 1.88. The number of aromatic nitrogens is 2. The maximum absolute atomic E-state index is 5.96. The van der Waals surface area contributed by atoms with Crippen molar-refractivity contribution in [3.8, 4) is 0 Å². The third-order valence-electron chi connectivity index (χ3n) is 2.36. The van der Waals surface area contributed by atoms with E-state index in [0.717, 1.165) is 11.3 Å². The number of nitrogens with zero attached hydrogens (tertiary/aromatic N) is 2. The van der Waals surface area contributed by atoms with Gasteiger partial charge >= 0.3 is 0 Å². The molecule has 5 heteroatoms. The van der Waals surface area contributed by atoms with Crippen LogP contribution >= 0.6 is 23.2 Å². The summed E-state index contributed by atoms with van der Waals surface area (Å²) < 4.78 is 0. The van der Waals surface area contributed by atoms with E-state index in [2.05, 4.69) is 28.3 Å². The first-order valence-corrected chi connectivity index (χ1v) is 5.84. The standard InChI is InChI=1S/C12H11Cl2N3/c1-7-3-4-9(8(2)5-7)16-10-6-15-12(14)17-11(10)13/h3-6,16H,1-2H3. The summed E-state index contributed by atoms with van der Waals surface area (Å²) in [6, 6.07) is 6.11. The lowest BCUT2D eigenvalue weighted by Crippen LogP contribution is -1.97. The summed E-state index contributed by atoms with van der Waals surface area (Å²) >= 11 is 11.6. The van der Waals surface area contributed by atoms with E-state index in [1.54, 1.807) is 6.20 Å². The van der Waals surface area contributed by atoms with Crippen LogP contribution in [-0.4, -0.2) is 9.97 Å². The number of anilines is 2. The molecule has 0 radical (unpaired) electrons. The Kier molecular flexibility index (Phi) is 3.50. The van der Waals surface area contributed by atoms with Gasteiger partial charge < -0.3 is 5.32 Å². The minimum absolute atomic E-state index is 0.140. The van der Waals surface area contributed by atoms with Crippen molar-refractivity contribution >= 4 is 34.6 Å². The zero-order valence-electron chi connectivity index (χ0n) is 9.46. The van der Waals surface area contributed by atoms with Gasteiger partial charge in [0.2, 0.25) is 5.28 Å². The van der Waals surface area contributed by atoms with Gasteiger partial charge in [-0.25, -0.2) is 9.97 Å². The summed E-state index contributed by atoms with van der Waals surface area (Å²) in [6.45, 7) is 4.08. The molecule has 0 atom stereocenters. The van der Waals surface area contributed by atoms with Crippen LogP contribution in [0.1, 0.15) is 11.1 Å². The third-order valence-corrected chi connectivity index (χ3v) is 2.83. The van der Waals surface area contributed by atoms with Gasteiger partial charge in [0.05, 0.1) is 11.9 Å². The largest absolute Gasteiger partial charge is 0.352 e. The molecule has 0 spiro atoms. The second-order valence-electron chi connectivity index (χ2n) is 3.79. The SMILES string of the molecule is Cc1ccc(Nc2cnc(Cl)nc2Cl)c(C)c1. The van der Waals surface area contributed by atoms with Crippen LogP contribution in [0.3, 0.4) is 0 Å². The summed E-state index contributed by atoms with van der Waals surface area (Å²) in [4.78, 5) is 7.76. The van der Waals surface area contributed by atoms with Gasteiger partial charge in [0, 0.05) is 5.69 Å². The molecule has 2 aromatic rings. The lowest BCUT2D eigenvalue weighted by Gasteiger charge is -2.10. The Morgan fingerprint density at radius 3 is 2.53 bits per heavy atom. The molecule has 0 unspecified atom stereocenters. The molecular formula is C12H11Cl2N3. The smallest absolute Gasteiger partial charge is 0.223 e. The first kappa shape index (κ1) is 12.1. The number of hydrogen-bond donors (Lipinski definition) is 1. The predicted molar refractivity (Wildman–Crippen MR) is 71.3 cm³/mol. The van der Waals surface area contributed by atoms with Gasteiger partial charge in [-0.3, -0.25) is 0 Å². The van der Waals surface area contributed by atoms with Crippen LogP contribution in [-0.2, 0) is 0 Å². The number of rotatable bonds is 2. The Bertz CT molecular complexity index is 506. The average Bonchev–Trinajstić information content (AvgIpc) is 2.25. The summed E-state index contributed by atoms with van der Waals surface area (Å²) in [5.74, 6) is 0. The first-order chi connectivity index (χ1) is 8.06. The van der Waals surface area contributed by atoms with E-state index in [0.29, 0.717) is 10.8 Å². The van der Waals surface area contributed by atoms with Crippen molar-refractivity contribution in [2.75, 3.05) is 5.32 Å². The minimum atomic E-state index is 0.140. The molecule has 1 aromatic carbocycles. The number of benzene rings is 1. The van der Waals surface area contributed by atoms with E-state index in [1.807, 2.05) is 19.1 Å². The van der Waals surface area contributed by atoms with Crippen molar-refractivity contribution in [3.05, 3.63) is 46.0 Å². The maximum Gasteiger partial charge on any atom is 0.223 e. The van der Waals surface area contributed by atoms with Crippen LogP contribution in [0.2, 0.25) is 10.4 Å². The predicted octanol–water partition coefficient (Wildman–Crippen LogP) is 4.14. The van der Waals surface area contributed by atoms with Gasteiger partial charge in [0.1, 0.15) is 0 Å². The van der Waals surface area contributed by atoms with E-state index < -0.39 is 0 Å². The lowest BCUT2D eigenvalue weighted by molar-refractivity contribution is 1.17. The molecule has 0 fully saturated rings. The van der Waals surface area contributed by atoms with Crippen molar-refractivity contribution < 1.29 is 0 Å². The Hall–Kier alpha value is -1.32. The fraction of sp³-hybridized carbons (Fsp3) is 0.167. The molecule has 17 heavy (non-hydrogen) atoms. The molecule has 1 N–H and O–H groups in total. The van der Waals surface area contributed by atoms with Crippen molar-refractivity contribution in [3.63, 3.8) is 0 Å². The molecule has 0 amide bonds. The van der Waals surface area contributed by atoms with E-state index in [-0.39, 0.29) is 5.28 Å². The van der Waals surface area contributed by atoms with Gasteiger partial charge in [-0.05, 0) is 37.1 Å². The molecule has 1 heterocycles. The number of hydrogen-bond acceptors (Lipinski definition) is 3. The Balaban J connectivity index is 2.31. The first-order valence-electron chi connectivity index (χ1n) is 5.08. The minimum Gasteiger partial charge on any atom is -0.352 e. The molecule has 2 rings (SSSR count). The average molecular weight is 268 g/mol. The van der Waals surface area contributed by atoms with Crippen LogP contribution < -0.4 is 5.32 Å². The quantitative estimate of drug-likeness (QED) is 0.657. The number of nitrogens with one attached hydrogen (secondary N) is 1. The Labute approximate surface area is 110 Å². The second kappa shape index (κ2) is 4.90. The third kappa shape index (κ3) is 2.87. The summed E-state index contributed by atoms with van der Waals surface area (Å²) in [7, 11) is 0. The van der Waals surface area contributed by atoms with Gasteiger partial charge in [-0.2, -0.15) is 0 Å². The van der Waals surface area contributed by atoms with Crippen LogP contribution in [0, 0.1) is 13.8 Å². The number of halogens is 2.